The molecule has 2 rings (SSSR count). The number of ether oxygens (including phenoxy) is 1. The highest BCUT2D eigenvalue weighted by Gasteiger charge is 2.13. The summed E-state index contributed by atoms with van der Waals surface area (Å²) in [5.41, 5.74) is 1.12. The van der Waals surface area contributed by atoms with Crippen molar-refractivity contribution < 1.29 is 22.7 Å². The molecule has 29 heavy (non-hydrogen) atoms. The fraction of sp³-hybridized carbons (Fsp3) is 0.263. The topological polar surface area (TPSA) is 114 Å². The third kappa shape index (κ3) is 7.47. The van der Waals surface area contributed by atoms with E-state index >= 15 is 0 Å². The Morgan fingerprint density at radius 1 is 1.00 bits per heavy atom. The first-order valence-electron chi connectivity index (χ1n) is 8.70. The number of carbonyl (C=O) groups excluding carboxylic acids is 2. The van der Waals surface area contributed by atoms with Gasteiger partial charge in [0.15, 0.2) is 0 Å². The molecule has 0 aromatic heterocycles. The predicted octanol–water partition coefficient (Wildman–Crippen LogP) is 1.31. The third-order valence-corrected chi connectivity index (χ3v) is 5.57. The van der Waals surface area contributed by atoms with Crippen LogP contribution < -0.4 is 15.4 Å². The van der Waals surface area contributed by atoms with Gasteiger partial charge in [-0.25, -0.2) is 13.1 Å². The molecule has 0 heterocycles. The fourth-order valence-electron chi connectivity index (χ4n) is 2.27. The standard InChI is InChI=1S/C19H22ClN3O5S/c1-28-11-10-23-29(26,27)17-8-2-14(3-9-17)12-21-18(24)13-22-19(25)15-4-6-16(20)7-5-15/h2-9,23H,10-13H2,1H3,(H,21,24)(H,22,25). The SMILES string of the molecule is COCCNS(=O)(=O)c1ccc(CNC(=O)CNC(=O)c2ccc(Cl)cc2)cc1. The van der Waals surface area contributed by atoms with Crippen LogP contribution in [0.3, 0.4) is 0 Å². The summed E-state index contributed by atoms with van der Waals surface area (Å²) < 4.78 is 31.4. The average Bonchev–Trinajstić information content (AvgIpc) is 2.71. The summed E-state index contributed by atoms with van der Waals surface area (Å²) in [6.45, 7) is 0.473. The van der Waals surface area contributed by atoms with Crippen LogP contribution in [0.5, 0.6) is 0 Å². The van der Waals surface area contributed by atoms with Gasteiger partial charge in [0.2, 0.25) is 15.9 Å². The van der Waals surface area contributed by atoms with E-state index < -0.39 is 10.0 Å². The number of nitrogens with one attached hydrogen (secondary N) is 3. The molecule has 0 unspecified atom stereocenters. The van der Waals surface area contributed by atoms with E-state index in [-0.39, 0.29) is 43.0 Å². The van der Waals surface area contributed by atoms with E-state index in [9.17, 15) is 18.0 Å². The van der Waals surface area contributed by atoms with Crippen LogP contribution in [0.15, 0.2) is 53.4 Å². The van der Waals surface area contributed by atoms with Gasteiger partial charge in [0.05, 0.1) is 18.0 Å². The molecule has 0 aliphatic carbocycles. The van der Waals surface area contributed by atoms with E-state index in [4.69, 9.17) is 16.3 Å². The molecule has 8 nitrogen and oxygen atoms in total. The molecule has 0 saturated carbocycles. The van der Waals surface area contributed by atoms with Gasteiger partial charge in [0, 0.05) is 30.8 Å². The molecule has 3 N–H and O–H groups in total. The van der Waals surface area contributed by atoms with Crippen molar-refractivity contribution in [3.63, 3.8) is 0 Å². The van der Waals surface area contributed by atoms with Crippen molar-refractivity contribution in [2.75, 3.05) is 26.8 Å². The lowest BCUT2D eigenvalue weighted by Crippen LogP contribution is -2.36. The Kier molecular flexibility index (Phi) is 8.59. The molecule has 0 aliphatic rings. The quantitative estimate of drug-likeness (QED) is 0.483. The number of amides is 2. The Morgan fingerprint density at radius 2 is 1.66 bits per heavy atom. The first-order valence-corrected chi connectivity index (χ1v) is 10.6. The summed E-state index contributed by atoms with van der Waals surface area (Å²) in [6, 6.07) is 12.4. The minimum absolute atomic E-state index is 0.124. The zero-order valence-electron chi connectivity index (χ0n) is 15.8. The number of carbonyl (C=O) groups is 2. The molecule has 0 spiro atoms. The second kappa shape index (κ2) is 10.9. The minimum atomic E-state index is -3.60. The molecule has 0 atom stereocenters. The van der Waals surface area contributed by atoms with Crippen LogP contribution in [-0.4, -0.2) is 47.0 Å². The lowest BCUT2D eigenvalue weighted by atomic mass is 10.2. The Balaban J connectivity index is 1.79. The highest BCUT2D eigenvalue weighted by molar-refractivity contribution is 7.89. The van der Waals surface area contributed by atoms with Crippen molar-refractivity contribution in [3.05, 3.63) is 64.7 Å². The molecular formula is C19H22ClN3O5S. The first-order chi connectivity index (χ1) is 13.8. The number of hydrogen-bond donors (Lipinski definition) is 3. The number of benzene rings is 2. The fourth-order valence-corrected chi connectivity index (χ4v) is 3.41. The number of hydrogen-bond acceptors (Lipinski definition) is 5. The number of rotatable bonds is 10. The molecule has 0 bridgehead atoms. The highest BCUT2D eigenvalue weighted by Crippen LogP contribution is 2.11. The molecular weight excluding hydrogens is 418 g/mol. The molecule has 2 amide bonds. The van der Waals surface area contributed by atoms with Crippen LogP contribution in [0.2, 0.25) is 5.02 Å². The van der Waals surface area contributed by atoms with Gasteiger partial charge < -0.3 is 15.4 Å². The van der Waals surface area contributed by atoms with E-state index in [0.29, 0.717) is 10.6 Å². The predicted molar refractivity (Wildman–Crippen MR) is 109 cm³/mol. The second-order valence-electron chi connectivity index (χ2n) is 6.00. The van der Waals surface area contributed by atoms with Crippen molar-refractivity contribution in [1.82, 2.24) is 15.4 Å². The molecule has 0 aliphatic heterocycles. The van der Waals surface area contributed by atoms with Crippen LogP contribution in [0.4, 0.5) is 0 Å². The van der Waals surface area contributed by atoms with Crippen LogP contribution in [0, 0.1) is 0 Å². The van der Waals surface area contributed by atoms with Gasteiger partial charge >= 0.3 is 0 Å². The van der Waals surface area contributed by atoms with E-state index in [1.54, 1.807) is 36.4 Å². The molecule has 2 aromatic carbocycles. The Bertz CT molecular complexity index is 931. The molecule has 0 fully saturated rings. The van der Waals surface area contributed by atoms with Crippen molar-refractivity contribution in [2.45, 2.75) is 11.4 Å². The molecule has 10 heteroatoms. The summed E-state index contributed by atoms with van der Waals surface area (Å²) >= 11 is 5.77. The maximum absolute atomic E-state index is 12.1. The Hall–Kier alpha value is -2.46. The first kappa shape index (κ1) is 22.8. The van der Waals surface area contributed by atoms with Gasteiger partial charge in [-0.15, -0.1) is 0 Å². The lowest BCUT2D eigenvalue weighted by Gasteiger charge is -2.09. The summed E-state index contributed by atoms with van der Waals surface area (Å²) in [4.78, 5) is 24.0. The lowest BCUT2D eigenvalue weighted by molar-refractivity contribution is -0.120. The van der Waals surface area contributed by atoms with Crippen LogP contribution in [0.25, 0.3) is 0 Å². The summed E-state index contributed by atoms with van der Waals surface area (Å²) in [5.74, 6) is -0.752. The molecule has 2 aromatic rings. The largest absolute Gasteiger partial charge is 0.383 e. The van der Waals surface area contributed by atoms with Crippen molar-refractivity contribution in [2.24, 2.45) is 0 Å². The second-order valence-corrected chi connectivity index (χ2v) is 8.20. The molecule has 0 saturated heterocycles. The summed E-state index contributed by atoms with van der Waals surface area (Å²) in [6.07, 6.45) is 0. The smallest absolute Gasteiger partial charge is 0.251 e. The van der Waals surface area contributed by atoms with E-state index in [0.717, 1.165) is 5.56 Å². The van der Waals surface area contributed by atoms with E-state index in [1.165, 1.54) is 19.2 Å². The molecule has 0 radical (unpaired) electrons. The van der Waals surface area contributed by atoms with Crippen LogP contribution >= 0.6 is 11.6 Å². The monoisotopic (exact) mass is 439 g/mol. The van der Waals surface area contributed by atoms with Crippen molar-refractivity contribution in [3.8, 4) is 0 Å². The number of sulfonamides is 1. The van der Waals surface area contributed by atoms with Gasteiger partial charge in [-0.05, 0) is 42.0 Å². The zero-order chi connectivity index (χ0) is 21.3. The van der Waals surface area contributed by atoms with Gasteiger partial charge in [0.25, 0.3) is 5.91 Å². The summed E-state index contributed by atoms with van der Waals surface area (Å²) in [7, 11) is -2.11. The maximum atomic E-state index is 12.1. The Morgan fingerprint density at radius 3 is 2.28 bits per heavy atom. The van der Waals surface area contributed by atoms with Crippen LogP contribution in [0.1, 0.15) is 15.9 Å². The van der Waals surface area contributed by atoms with E-state index in [1.807, 2.05) is 0 Å². The van der Waals surface area contributed by atoms with Gasteiger partial charge in [-0.1, -0.05) is 23.7 Å². The summed E-state index contributed by atoms with van der Waals surface area (Å²) in [5, 5.41) is 5.69. The minimum Gasteiger partial charge on any atom is -0.383 e. The maximum Gasteiger partial charge on any atom is 0.251 e. The number of halogens is 1. The zero-order valence-corrected chi connectivity index (χ0v) is 17.3. The average molecular weight is 440 g/mol. The Labute approximate surface area is 174 Å². The van der Waals surface area contributed by atoms with Crippen molar-refractivity contribution >= 4 is 33.4 Å². The van der Waals surface area contributed by atoms with Gasteiger partial charge in [-0.3, -0.25) is 9.59 Å². The third-order valence-electron chi connectivity index (χ3n) is 3.84. The molecule has 156 valence electrons. The van der Waals surface area contributed by atoms with E-state index in [2.05, 4.69) is 15.4 Å². The van der Waals surface area contributed by atoms with Crippen molar-refractivity contribution in [1.29, 1.82) is 0 Å². The van der Waals surface area contributed by atoms with Gasteiger partial charge in [-0.2, -0.15) is 0 Å². The van der Waals surface area contributed by atoms with Gasteiger partial charge in [0.1, 0.15) is 0 Å². The number of methoxy groups -OCH3 is 1. The highest BCUT2D eigenvalue weighted by atomic mass is 35.5. The normalized spacial score (nSPS) is 11.1. The van der Waals surface area contributed by atoms with Crippen LogP contribution in [-0.2, 0) is 26.1 Å².